The fourth-order valence-electron chi connectivity index (χ4n) is 1.86. The van der Waals surface area contributed by atoms with Gasteiger partial charge in [-0.25, -0.2) is 0 Å². The van der Waals surface area contributed by atoms with Crippen molar-refractivity contribution in [3.05, 3.63) is 0 Å². The molecule has 1 heterocycles. The molecular formula is C10H22N2S. The number of thioether (sulfide) groups is 1. The zero-order valence-corrected chi connectivity index (χ0v) is 9.70. The molecule has 1 aliphatic heterocycles. The summed E-state index contributed by atoms with van der Waals surface area (Å²) in [4.78, 5) is 2.46. The van der Waals surface area contributed by atoms with Crippen molar-refractivity contribution in [1.29, 1.82) is 0 Å². The lowest BCUT2D eigenvalue weighted by molar-refractivity contribution is 0.302. The summed E-state index contributed by atoms with van der Waals surface area (Å²) < 4.78 is 0. The van der Waals surface area contributed by atoms with Gasteiger partial charge < -0.3 is 10.2 Å². The quantitative estimate of drug-likeness (QED) is 0.656. The van der Waals surface area contributed by atoms with Crippen LogP contribution in [0.1, 0.15) is 19.3 Å². The van der Waals surface area contributed by atoms with Crippen molar-refractivity contribution in [2.75, 3.05) is 38.7 Å². The summed E-state index contributed by atoms with van der Waals surface area (Å²) in [6, 6.07) is 0.763. The van der Waals surface area contributed by atoms with Gasteiger partial charge in [0.05, 0.1) is 0 Å². The largest absolute Gasteiger partial charge is 0.313 e. The predicted octanol–water partition coefficient (Wildman–Crippen LogP) is 1.42. The van der Waals surface area contributed by atoms with Gasteiger partial charge in [0.25, 0.3) is 0 Å². The van der Waals surface area contributed by atoms with E-state index in [1.165, 1.54) is 44.6 Å². The third kappa shape index (κ3) is 4.89. The first-order valence-electron chi connectivity index (χ1n) is 5.24. The molecule has 0 aliphatic carbocycles. The average molecular weight is 202 g/mol. The zero-order valence-electron chi connectivity index (χ0n) is 8.88. The number of rotatable bonds is 6. The average Bonchev–Trinajstić information content (AvgIpc) is 2.57. The number of hydrogen-bond acceptors (Lipinski definition) is 3. The van der Waals surface area contributed by atoms with Crippen molar-refractivity contribution < 1.29 is 0 Å². The third-order valence-corrected chi connectivity index (χ3v) is 3.28. The van der Waals surface area contributed by atoms with Crippen LogP contribution in [0, 0.1) is 0 Å². The van der Waals surface area contributed by atoms with Gasteiger partial charge in [-0.05, 0) is 51.4 Å². The van der Waals surface area contributed by atoms with Gasteiger partial charge in [-0.3, -0.25) is 0 Å². The van der Waals surface area contributed by atoms with Crippen LogP contribution in [-0.4, -0.2) is 49.6 Å². The summed E-state index contributed by atoms with van der Waals surface area (Å²) in [5.74, 6) is 1.29. The van der Waals surface area contributed by atoms with Gasteiger partial charge in [-0.1, -0.05) is 0 Å². The normalized spacial score (nSPS) is 22.8. The van der Waals surface area contributed by atoms with E-state index in [2.05, 4.69) is 23.5 Å². The molecule has 0 spiro atoms. The number of nitrogens with zero attached hydrogens (tertiary/aromatic N) is 1. The molecule has 0 aromatic carbocycles. The smallest absolute Gasteiger partial charge is 0.0195 e. The maximum atomic E-state index is 3.53. The van der Waals surface area contributed by atoms with E-state index >= 15 is 0 Å². The molecule has 13 heavy (non-hydrogen) atoms. The molecule has 1 saturated heterocycles. The van der Waals surface area contributed by atoms with E-state index in [1.807, 2.05) is 11.8 Å². The Kier molecular flexibility index (Phi) is 5.83. The molecule has 0 aromatic rings. The van der Waals surface area contributed by atoms with Crippen molar-refractivity contribution >= 4 is 11.8 Å². The van der Waals surface area contributed by atoms with Gasteiger partial charge in [-0.15, -0.1) is 0 Å². The lowest BCUT2D eigenvalue weighted by Gasteiger charge is -2.20. The van der Waals surface area contributed by atoms with Crippen LogP contribution in [0.3, 0.4) is 0 Å². The Morgan fingerprint density at radius 2 is 2.38 bits per heavy atom. The molecule has 1 unspecified atom stereocenters. The Bertz CT molecular complexity index is 124. The molecule has 0 bridgehead atoms. The molecule has 2 nitrogen and oxygen atoms in total. The number of nitrogens with one attached hydrogen (secondary N) is 1. The van der Waals surface area contributed by atoms with E-state index in [1.54, 1.807) is 0 Å². The summed E-state index contributed by atoms with van der Waals surface area (Å²) in [6.45, 7) is 3.71. The minimum atomic E-state index is 0.763. The van der Waals surface area contributed by atoms with Crippen molar-refractivity contribution in [1.82, 2.24) is 10.2 Å². The SMILES string of the molecule is CSCCCN(C)CC1CCCN1. The van der Waals surface area contributed by atoms with Gasteiger partial charge >= 0.3 is 0 Å². The monoisotopic (exact) mass is 202 g/mol. The highest BCUT2D eigenvalue weighted by atomic mass is 32.2. The second kappa shape index (κ2) is 6.68. The van der Waals surface area contributed by atoms with E-state index in [9.17, 15) is 0 Å². The van der Waals surface area contributed by atoms with Crippen molar-refractivity contribution in [3.63, 3.8) is 0 Å². The molecule has 0 radical (unpaired) electrons. The van der Waals surface area contributed by atoms with Gasteiger partial charge in [0.1, 0.15) is 0 Å². The minimum absolute atomic E-state index is 0.763. The van der Waals surface area contributed by atoms with E-state index in [4.69, 9.17) is 0 Å². The number of likely N-dealkylation sites (N-methyl/N-ethyl adjacent to an activating group) is 1. The summed E-state index contributed by atoms with van der Waals surface area (Å²) in [7, 11) is 2.24. The molecule has 3 heteroatoms. The molecule has 1 atom stereocenters. The molecule has 78 valence electrons. The van der Waals surface area contributed by atoms with Crippen LogP contribution in [0.4, 0.5) is 0 Å². The molecule has 0 amide bonds. The van der Waals surface area contributed by atoms with Crippen LogP contribution in [0.25, 0.3) is 0 Å². The molecular weight excluding hydrogens is 180 g/mol. The van der Waals surface area contributed by atoms with Crippen LogP contribution in [0.15, 0.2) is 0 Å². The maximum Gasteiger partial charge on any atom is 0.0195 e. The summed E-state index contributed by atoms with van der Waals surface area (Å²) in [5, 5.41) is 3.53. The highest BCUT2D eigenvalue weighted by Gasteiger charge is 2.15. The van der Waals surface area contributed by atoms with Crippen molar-refractivity contribution in [2.45, 2.75) is 25.3 Å². The Balaban J connectivity index is 1.99. The molecule has 1 aliphatic rings. The van der Waals surface area contributed by atoms with E-state index in [0.29, 0.717) is 0 Å². The highest BCUT2D eigenvalue weighted by Crippen LogP contribution is 2.06. The molecule has 0 aromatic heterocycles. The van der Waals surface area contributed by atoms with E-state index in [0.717, 1.165) is 6.04 Å². The van der Waals surface area contributed by atoms with Gasteiger partial charge in [0, 0.05) is 12.6 Å². The Labute approximate surface area is 86.5 Å². The van der Waals surface area contributed by atoms with E-state index < -0.39 is 0 Å². The summed E-state index contributed by atoms with van der Waals surface area (Å²) >= 11 is 1.94. The Morgan fingerprint density at radius 1 is 1.54 bits per heavy atom. The third-order valence-electron chi connectivity index (χ3n) is 2.58. The molecule has 1 fully saturated rings. The van der Waals surface area contributed by atoms with Crippen LogP contribution in [0.2, 0.25) is 0 Å². The first kappa shape index (κ1) is 11.3. The summed E-state index contributed by atoms with van der Waals surface area (Å²) in [6.07, 6.45) is 6.24. The van der Waals surface area contributed by atoms with Crippen LogP contribution >= 0.6 is 11.8 Å². The van der Waals surface area contributed by atoms with Gasteiger partial charge in [-0.2, -0.15) is 11.8 Å². The lowest BCUT2D eigenvalue weighted by atomic mass is 10.2. The Morgan fingerprint density at radius 3 is 3.00 bits per heavy atom. The van der Waals surface area contributed by atoms with Crippen LogP contribution < -0.4 is 5.32 Å². The molecule has 1 N–H and O–H groups in total. The van der Waals surface area contributed by atoms with E-state index in [-0.39, 0.29) is 0 Å². The molecule has 1 rings (SSSR count). The highest BCUT2D eigenvalue weighted by molar-refractivity contribution is 7.98. The summed E-state index contributed by atoms with van der Waals surface area (Å²) in [5.41, 5.74) is 0. The second-order valence-electron chi connectivity index (χ2n) is 3.90. The standard InChI is InChI=1S/C10H22N2S/c1-12(7-4-8-13-2)9-10-5-3-6-11-10/h10-11H,3-9H2,1-2H3. The number of hydrogen-bond donors (Lipinski definition) is 1. The Hall–Kier alpha value is 0.270. The minimum Gasteiger partial charge on any atom is -0.313 e. The van der Waals surface area contributed by atoms with Crippen LogP contribution in [-0.2, 0) is 0 Å². The predicted molar refractivity (Wildman–Crippen MR) is 61.5 cm³/mol. The van der Waals surface area contributed by atoms with Gasteiger partial charge in [0.15, 0.2) is 0 Å². The van der Waals surface area contributed by atoms with Crippen LogP contribution in [0.5, 0.6) is 0 Å². The zero-order chi connectivity index (χ0) is 9.52. The molecule has 0 saturated carbocycles. The first-order valence-corrected chi connectivity index (χ1v) is 6.63. The second-order valence-corrected chi connectivity index (χ2v) is 4.89. The van der Waals surface area contributed by atoms with Gasteiger partial charge in [0.2, 0.25) is 0 Å². The van der Waals surface area contributed by atoms with Crippen molar-refractivity contribution in [2.24, 2.45) is 0 Å². The van der Waals surface area contributed by atoms with Crippen molar-refractivity contribution in [3.8, 4) is 0 Å². The maximum absolute atomic E-state index is 3.53. The fraction of sp³-hybridized carbons (Fsp3) is 1.00. The lowest BCUT2D eigenvalue weighted by Crippen LogP contribution is -2.35. The fourth-order valence-corrected chi connectivity index (χ4v) is 2.28. The first-order chi connectivity index (χ1) is 6.33. The topological polar surface area (TPSA) is 15.3 Å².